The van der Waals surface area contributed by atoms with Crippen LogP contribution in [0.1, 0.15) is 24.1 Å². The van der Waals surface area contributed by atoms with Gasteiger partial charge in [0.2, 0.25) is 0 Å². The minimum absolute atomic E-state index is 0.0681. The third-order valence-corrected chi connectivity index (χ3v) is 5.50. The van der Waals surface area contributed by atoms with Crippen LogP contribution in [0.3, 0.4) is 0 Å². The van der Waals surface area contributed by atoms with Crippen LogP contribution in [0.4, 0.5) is 17.1 Å². The molecule has 4 aromatic carbocycles. The molecule has 1 unspecified atom stereocenters. The predicted molar refractivity (Wildman–Crippen MR) is 138 cm³/mol. The molecular formula is C30H25N3O. The Labute approximate surface area is 200 Å². The zero-order chi connectivity index (χ0) is 23.8. The van der Waals surface area contributed by atoms with Crippen LogP contribution in [-0.4, -0.2) is 5.91 Å². The highest BCUT2D eigenvalue weighted by atomic mass is 16.1. The van der Waals surface area contributed by atoms with Crippen molar-refractivity contribution < 1.29 is 4.79 Å². The molecule has 0 aliphatic rings. The van der Waals surface area contributed by atoms with Crippen LogP contribution in [0.25, 0.3) is 6.08 Å². The first-order valence-corrected chi connectivity index (χ1v) is 11.1. The van der Waals surface area contributed by atoms with Gasteiger partial charge in [-0.25, -0.2) is 0 Å². The van der Waals surface area contributed by atoms with Crippen LogP contribution in [0.15, 0.2) is 121 Å². The molecule has 0 aromatic heterocycles. The second-order valence-corrected chi connectivity index (χ2v) is 7.87. The number of amides is 1. The first-order valence-electron chi connectivity index (χ1n) is 11.1. The summed E-state index contributed by atoms with van der Waals surface area (Å²) in [4.78, 5) is 14.9. The van der Waals surface area contributed by atoms with Gasteiger partial charge < -0.3 is 10.2 Å². The van der Waals surface area contributed by atoms with Gasteiger partial charge in [0.15, 0.2) is 0 Å². The highest BCUT2D eigenvalue weighted by Gasteiger charge is 2.15. The third-order valence-electron chi connectivity index (χ3n) is 5.50. The minimum atomic E-state index is -0.391. The summed E-state index contributed by atoms with van der Waals surface area (Å²) in [6, 6.07) is 39.6. The van der Waals surface area contributed by atoms with Gasteiger partial charge in [0.1, 0.15) is 11.6 Å². The first kappa shape index (κ1) is 22.6. The van der Waals surface area contributed by atoms with E-state index in [1.807, 2.05) is 104 Å². The van der Waals surface area contributed by atoms with E-state index >= 15 is 0 Å². The molecule has 0 aliphatic carbocycles. The predicted octanol–water partition coefficient (Wildman–Crippen LogP) is 6.94. The average Bonchev–Trinajstić information content (AvgIpc) is 2.90. The Hall–Kier alpha value is -4.62. The molecule has 4 rings (SSSR count). The standard InChI is InChI=1S/C30H25N3O/c1-23(25-11-5-2-6-12-25)32-30(34)26(22-31)21-24-17-19-29(20-18-24)33(27-13-7-3-8-14-27)28-15-9-4-10-16-28/h2-21,23H,1H3,(H,32,34)/b26-21+. The van der Waals surface area contributed by atoms with Gasteiger partial charge in [-0.2, -0.15) is 5.26 Å². The Morgan fingerprint density at radius 1 is 0.765 bits per heavy atom. The van der Waals surface area contributed by atoms with Crippen molar-refractivity contribution in [2.45, 2.75) is 13.0 Å². The van der Waals surface area contributed by atoms with E-state index in [2.05, 4.69) is 34.5 Å². The number of hydrogen-bond acceptors (Lipinski definition) is 3. The molecule has 166 valence electrons. The summed E-state index contributed by atoms with van der Waals surface area (Å²) in [5, 5.41) is 12.5. The molecule has 0 saturated heterocycles. The molecule has 0 bridgehead atoms. The van der Waals surface area contributed by atoms with Crippen LogP contribution in [0.2, 0.25) is 0 Å². The van der Waals surface area contributed by atoms with Gasteiger partial charge in [-0.05, 0) is 60.5 Å². The van der Waals surface area contributed by atoms with Gasteiger partial charge in [-0.3, -0.25) is 4.79 Å². The van der Waals surface area contributed by atoms with Gasteiger partial charge in [0, 0.05) is 17.1 Å². The largest absolute Gasteiger partial charge is 0.345 e. The van der Waals surface area contributed by atoms with E-state index in [0.717, 1.165) is 28.2 Å². The maximum absolute atomic E-state index is 12.7. The van der Waals surface area contributed by atoms with Crippen molar-refractivity contribution in [1.82, 2.24) is 5.32 Å². The summed E-state index contributed by atoms with van der Waals surface area (Å²) in [5.41, 5.74) is 4.91. The highest BCUT2D eigenvalue weighted by molar-refractivity contribution is 6.01. The molecule has 4 aromatic rings. The molecule has 4 heteroatoms. The second kappa shape index (κ2) is 10.8. The van der Waals surface area contributed by atoms with Crippen LogP contribution in [0.5, 0.6) is 0 Å². The summed E-state index contributed by atoms with van der Waals surface area (Å²) in [6.45, 7) is 1.90. The van der Waals surface area contributed by atoms with E-state index in [1.165, 1.54) is 0 Å². The number of anilines is 3. The van der Waals surface area contributed by atoms with Crippen LogP contribution in [-0.2, 0) is 4.79 Å². The summed E-state index contributed by atoms with van der Waals surface area (Å²) in [7, 11) is 0. The van der Waals surface area contributed by atoms with E-state index in [4.69, 9.17) is 0 Å². The quantitative estimate of drug-likeness (QED) is 0.249. The second-order valence-electron chi connectivity index (χ2n) is 7.87. The highest BCUT2D eigenvalue weighted by Crippen LogP contribution is 2.34. The zero-order valence-electron chi connectivity index (χ0n) is 18.9. The molecule has 0 heterocycles. The number of benzene rings is 4. The summed E-state index contributed by atoms with van der Waals surface area (Å²) < 4.78 is 0. The van der Waals surface area contributed by atoms with E-state index in [9.17, 15) is 10.1 Å². The van der Waals surface area contributed by atoms with E-state index in [0.29, 0.717) is 0 Å². The molecule has 1 atom stereocenters. The Bertz CT molecular complexity index is 1250. The van der Waals surface area contributed by atoms with E-state index in [-0.39, 0.29) is 11.6 Å². The van der Waals surface area contributed by atoms with Gasteiger partial charge in [0.25, 0.3) is 5.91 Å². The SMILES string of the molecule is CC(NC(=O)/C(C#N)=C/c1ccc(N(c2ccccc2)c2ccccc2)cc1)c1ccccc1. The Kier molecular flexibility index (Phi) is 7.17. The Morgan fingerprint density at radius 3 is 1.74 bits per heavy atom. The van der Waals surface area contributed by atoms with Gasteiger partial charge >= 0.3 is 0 Å². The molecule has 0 spiro atoms. The number of rotatable bonds is 7. The normalized spacial score (nSPS) is 11.8. The monoisotopic (exact) mass is 443 g/mol. The molecule has 0 fully saturated rings. The number of para-hydroxylation sites is 2. The lowest BCUT2D eigenvalue weighted by Gasteiger charge is -2.25. The fourth-order valence-corrected chi connectivity index (χ4v) is 3.74. The number of hydrogen-bond donors (Lipinski definition) is 1. The van der Waals surface area contributed by atoms with Gasteiger partial charge in [-0.1, -0.05) is 78.9 Å². The first-order chi connectivity index (χ1) is 16.7. The minimum Gasteiger partial charge on any atom is -0.345 e. The fraction of sp³-hybridized carbons (Fsp3) is 0.0667. The molecular weight excluding hydrogens is 418 g/mol. The van der Waals surface area contributed by atoms with Crippen molar-refractivity contribution in [2.24, 2.45) is 0 Å². The molecule has 0 radical (unpaired) electrons. The zero-order valence-corrected chi connectivity index (χ0v) is 18.9. The molecule has 4 nitrogen and oxygen atoms in total. The van der Waals surface area contributed by atoms with Crippen molar-refractivity contribution in [1.29, 1.82) is 5.26 Å². The lowest BCUT2D eigenvalue weighted by atomic mass is 10.1. The third kappa shape index (κ3) is 5.40. The number of nitrogens with one attached hydrogen (secondary N) is 1. The fourth-order valence-electron chi connectivity index (χ4n) is 3.74. The van der Waals surface area contributed by atoms with Crippen LogP contribution >= 0.6 is 0 Å². The topological polar surface area (TPSA) is 56.1 Å². The lowest BCUT2D eigenvalue weighted by Crippen LogP contribution is -2.27. The molecule has 1 amide bonds. The molecule has 1 N–H and O–H groups in total. The maximum atomic E-state index is 12.7. The van der Waals surface area contributed by atoms with Gasteiger partial charge in [-0.15, -0.1) is 0 Å². The smallest absolute Gasteiger partial charge is 0.262 e. The summed E-state index contributed by atoms with van der Waals surface area (Å²) in [6.07, 6.45) is 1.62. The summed E-state index contributed by atoms with van der Waals surface area (Å²) >= 11 is 0. The number of carbonyl (C=O) groups is 1. The van der Waals surface area contributed by atoms with Gasteiger partial charge in [0.05, 0.1) is 6.04 Å². The van der Waals surface area contributed by atoms with Crippen LogP contribution in [0, 0.1) is 11.3 Å². The average molecular weight is 444 g/mol. The number of nitriles is 1. The van der Waals surface area contributed by atoms with E-state index < -0.39 is 5.91 Å². The molecule has 0 saturated carbocycles. The van der Waals surface area contributed by atoms with Crippen LogP contribution < -0.4 is 10.2 Å². The van der Waals surface area contributed by atoms with Crippen molar-refractivity contribution >= 4 is 29.0 Å². The van der Waals surface area contributed by atoms with Crippen molar-refractivity contribution in [3.63, 3.8) is 0 Å². The number of carbonyl (C=O) groups excluding carboxylic acids is 1. The number of nitrogens with zero attached hydrogens (tertiary/aromatic N) is 2. The molecule has 0 aliphatic heterocycles. The Balaban J connectivity index is 1.57. The molecule has 34 heavy (non-hydrogen) atoms. The van der Waals surface area contributed by atoms with E-state index in [1.54, 1.807) is 6.08 Å². The Morgan fingerprint density at radius 2 is 1.24 bits per heavy atom. The van der Waals surface area contributed by atoms with Crippen molar-refractivity contribution in [2.75, 3.05) is 4.90 Å². The lowest BCUT2D eigenvalue weighted by molar-refractivity contribution is -0.117. The maximum Gasteiger partial charge on any atom is 0.262 e. The van der Waals surface area contributed by atoms with Crippen molar-refractivity contribution in [3.8, 4) is 6.07 Å². The summed E-state index contributed by atoms with van der Waals surface area (Å²) in [5.74, 6) is -0.391. The van der Waals surface area contributed by atoms with Crippen molar-refractivity contribution in [3.05, 3.63) is 132 Å².